The van der Waals surface area contributed by atoms with Crippen molar-refractivity contribution in [3.05, 3.63) is 53.6 Å². The number of benzene rings is 2. The van der Waals surface area contributed by atoms with Crippen LogP contribution < -0.4 is 9.62 Å². The first-order chi connectivity index (χ1) is 14.6. The number of rotatable bonds is 5. The van der Waals surface area contributed by atoms with E-state index in [1.165, 1.54) is 17.5 Å². The Kier molecular flexibility index (Phi) is 5.25. The fourth-order valence-corrected chi connectivity index (χ4v) is 5.68. The Bertz CT molecular complexity index is 1110. The van der Waals surface area contributed by atoms with E-state index in [-0.39, 0.29) is 0 Å². The van der Waals surface area contributed by atoms with Gasteiger partial charge in [0.15, 0.2) is 5.58 Å². The minimum absolute atomic E-state index is 0.318. The highest BCUT2D eigenvalue weighted by atomic mass is 32.2. The van der Waals surface area contributed by atoms with Gasteiger partial charge in [-0.05, 0) is 79.8 Å². The lowest BCUT2D eigenvalue weighted by molar-refractivity contribution is 0.387. The summed E-state index contributed by atoms with van der Waals surface area (Å²) >= 11 is 0. The number of piperidine rings is 1. The van der Waals surface area contributed by atoms with Crippen molar-refractivity contribution >= 4 is 27.1 Å². The third kappa shape index (κ3) is 3.96. The predicted octanol–water partition coefficient (Wildman–Crippen LogP) is 3.90. The van der Waals surface area contributed by atoms with Crippen molar-refractivity contribution in [2.24, 2.45) is 5.92 Å². The Morgan fingerprint density at radius 2 is 1.80 bits per heavy atom. The molecule has 2 aliphatic rings. The highest BCUT2D eigenvalue weighted by Gasteiger charge is 2.25. The summed E-state index contributed by atoms with van der Waals surface area (Å²) in [6, 6.07) is 14.0. The lowest BCUT2D eigenvalue weighted by atomic mass is 9.92. The molecule has 0 bridgehead atoms. The van der Waals surface area contributed by atoms with Crippen molar-refractivity contribution in [1.82, 2.24) is 9.71 Å². The first-order valence-corrected chi connectivity index (χ1v) is 12.3. The van der Waals surface area contributed by atoms with E-state index in [9.17, 15) is 8.42 Å². The summed E-state index contributed by atoms with van der Waals surface area (Å²) in [5.74, 6) is 0.318. The maximum atomic E-state index is 12.8. The predicted molar refractivity (Wildman–Crippen MR) is 117 cm³/mol. The van der Waals surface area contributed by atoms with Gasteiger partial charge in [-0.3, -0.25) is 0 Å². The zero-order valence-electron chi connectivity index (χ0n) is 17.0. The van der Waals surface area contributed by atoms with Crippen LogP contribution in [0.4, 0.5) is 6.01 Å². The molecular weight excluding hydrogens is 398 g/mol. The monoisotopic (exact) mass is 425 g/mol. The Morgan fingerprint density at radius 3 is 2.60 bits per heavy atom. The Balaban J connectivity index is 1.18. The van der Waals surface area contributed by atoms with Crippen LogP contribution in [0.1, 0.15) is 36.8 Å². The van der Waals surface area contributed by atoms with Crippen molar-refractivity contribution in [3.8, 4) is 0 Å². The molecule has 1 aliphatic carbocycles. The van der Waals surface area contributed by atoms with Crippen LogP contribution in [0.15, 0.2) is 51.8 Å². The maximum absolute atomic E-state index is 12.8. The minimum atomic E-state index is -3.47. The molecule has 7 heteroatoms. The van der Waals surface area contributed by atoms with Crippen LogP contribution in [0.5, 0.6) is 0 Å². The zero-order valence-corrected chi connectivity index (χ0v) is 17.8. The first kappa shape index (κ1) is 19.6. The number of oxazole rings is 1. The molecular formula is C23H27N3O3S. The van der Waals surface area contributed by atoms with Crippen LogP contribution in [0, 0.1) is 5.92 Å². The smallest absolute Gasteiger partial charge is 0.298 e. The Hall–Kier alpha value is -2.38. The van der Waals surface area contributed by atoms with E-state index in [1.54, 1.807) is 6.07 Å². The van der Waals surface area contributed by atoms with Gasteiger partial charge in [-0.25, -0.2) is 13.1 Å². The number of aryl methyl sites for hydroxylation is 2. The average molecular weight is 426 g/mol. The number of nitrogens with one attached hydrogen (secondary N) is 1. The molecule has 1 saturated heterocycles. The molecule has 30 heavy (non-hydrogen) atoms. The third-order valence-corrected chi connectivity index (χ3v) is 7.78. The molecule has 2 aromatic carbocycles. The number of fused-ring (bicyclic) bond motifs is 2. The van der Waals surface area contributed by atoms with E-state index >= 15 is 0 Å². The van der Waals surface area contributed by atoms with Crippen LogP contribution in [-0.4, -0.2) is 33.0 Å². The molecule has 1 aliphatic heterocycles. The Morgan fingerprint density at radius 1 is 1.03 bits per heavy atom. The van der Waals surface area contributed by atoms with Gasteiger partial charge in [0.1, 0.15) is 5.52 Å². The van der Waals surface area contributed by atoms with Crippen molar-refractivity contribution in [3.63, 3.8) is 0 Å². The summed E-state index contributed by atoms with van der Waals surface area (Å²) in [5.41, 5.74) is 4.16. The highest BCUT2D eigenvalue weighted by Crippen LogP contribution is 2.27. The molecule has 0 spiro atoms. The lowest BCUT2D eigenvalue weighted by Crippen LogP contribution is -2.38. The molecule has 1 fully saturated rings. The molecule has 6 nitrogen and oxygen atoms in total. The van der Waals surface area contributed by atoms with E-state index in [2.05, 4.69) is 14.6 Å². The van der Waals surface area contributed by atoms with Crippen molar-refractivity contribution in [1.29, 1.82) is 0 Å². The standard InChI is InChI=1S/C23H27N3O3S/c27-30(28,20-10-9-18-5-1-2-6-19(18)15-20)24-16-17-11-13-26(14-12-17)23-25-21-7-3-4-8-22(21)29-23/h3-4,7-10,15,17,24H,1-2,5-6,11-14,16H2. The summed E-state index contributed by atoms with van der Waals surface area (Å²) in [5, 5.41) is 0. The molecule has 1 N–H and O–H groups in total. The van der Waals surface area contributed by atoms with Crippen molar-refractivity contribution in [2.75, 3.05) is 24.5 Å². The third-order valence-electron chi connectivity index (χ3n) is 6.36. The zero-order chi connectivity index (χ0) is 20.6. The molecule has 0 atom stereocenters. The summed E-state index contributed by atoms with van der Waals surface area (Å²) in [7, 11) is -3.47. The number of sulfonamides is 1. The molecule has 0 unspecified atom stereocenters. The van der Waals surface area contributed by atoms with E-state index in [4.69, 9.17) is 4.42 Å². The van der Waals surface area contributed by atoms with E-state index in [0.717, 1.165) is 56.3 Å². The van der Waals surface area contributed by atoms with Gasteiger partial charge in [0.2, 0.25) is 10.0 Å². The van der Waals surface area contributed by atoms with E-state index in [1.807, 2.05) is 36.4 Å². The quantitative estimate of drug-likeness (QED) is 0.671. The maximum Gasteiger partial charge on any atom is 0.298 e. The number of nitrogens with zero attached hydrogens (tertiary/aromatic N) is 2. The average Bonchev–Trinajstić information content (AvgIpc) is 3.22. The van der Waals surface area contributed by atoms with Gasteiger partial charge in [-0.2, -0.15) is 4.98 Å². The number of hydrogen-bond donors (Lipinski definition) is 1. The van der Waals surface area contributed by atoms with E-state index in [0.29, 0.717) is 23.4 Å². The molecule has 0 radical (unpaired) electrons. The minimum Gasteiger partial charge on any atom is -0.423 e. The van der Waals surface area contributed by atoms with E-state index < -0.39 is 10.0 Å². The molecule has 3 aromatic rings. The summed E-state index contributed by atoms with van der Waals surface area (Å²) in [4.78, 5) is 7.11. The van der Waals surface area contributed by atoms with Gasteiger partial charge in [-0.15, -0.1) is 0 Å². The number of anilines is 1. The van der Waals surface area contributed by atoms with Gasteiger partial charge in [-0.1, -0.05) is 18.2 Å². The molecule has 158 valence electrons. The second kappa shape index (κ2) is 8.04. The van der Waals surface area contributed by atoms with Gasteiger partial charge in [0.25, 0.3) is 6.01 Å². The van der Waals surface area contributed by atoms with Crippen LogP contribution in [0.2, 0.25) is 0 Å². The molecule has 5 rings (SSSR count). The van der Waals surface area contributed by atoms with Crippen LogP contribution >= 0.6 is 0 Å². The highest BCUT2D eigenvalue weighted by molar-refractivity contribution is 7.89. The summed E-state index contributed by atoms with van der Waals surface area (Å²) < 4.78 is 34.3. The largest absolute Gasteiger partial charge is 0.423 e. The normalized spacial score (nSPS) is 17.9. The topological polar surface area (TPSA) is 75.4 Å². The summed E-state index contributed by atoms with van der Waals surface area (Å²) in [6.07, 6.45) is 6.19. The Labute approximate surface area is 177 Å². The van der Waals surface area contributed by atoms with Crippen LogP contribution in [0.25, 0.3) is 11.1 Å². The second-order valence-electron chi connectivity index (χ2n) is 8.38. The van der Waals surface area contributed by atoms with Crippen molar-refractivity contribution < 1.29 is 12.8 Å². The second-order valence-corrected chi connectivity index (χ2v) is 10.2. The number of para-hydroxylation sites is 2. The molecule has 1 aromatic heterocycles. The van der Waals surface area contributed by atoms with Crippen molar-refractivity contribution in [2.45, 2.75) is 43.4 Å². The van der Waals surface area contributed by atoms with Gasteiger partial charge in [0.05, 0.1) is 4.90 Å². The van der Waals surface area contributed by atoms with Gasteiger partial charge in [0, 0.05) is 19.6 Å². The van der Waals surface area contributed by atoms with Crippen LogP contribution in [0.3, 0.4) is 0 Å². The van der Waals surface area contributed by atoms with Crippen LogP contribution in [-0.2, 0) is 22.9 Å². The summed E-state index contributed by atoms with van der Waals surface area (Å²) in [6.45, 7) is 2.11. The first-order valence-electron chi connectivity index (χ1n) is 10.8. The molecule has 0 amide bonds. The fraction of sp³-hybridized carbons (Fsp3) is 0.435. The molecule has 2 heterocycles. The fourth-order valence-electron chi connectivity index (χ4n) is 4.51. The number of hydrogen-bond acceptors (Lipinski definition) is 5. The lowest BCUT2D eigenvalue weighted by Gasteiger charge is -2.30. The van der Waals surface area contributed by atoms with Gasteiger partial charge < -0.3 is 9.32 Å². The SMILES string of the molecule is O=S(=O)(NCC1CCN(c2nc3ccccc3o2)CC1)c1ccc2c(c1)CCCC2. The van der Waals surface area contributed by atoms with Gasteiger partial charge >= 0.3 is 0 Å². The molecule has 0 saturated carbocycles. The number of aromatic nitrogens is 1.